The molecule has 3 N–H and O–H groups in total. The summed E-state index contributed by atoms with van der Waals surface area (Å²) in [5.74, 6) is -0.688. The van der Waals surface area contributed by atoms with Crippen LogP contribution in [-0.4, -0.2) is 13.0 Å². The average Bonchev–Trinajstić information content (AvgIpc) is 2.46. The highest BCUT2D eigenvalue weighted by atomic mass is 79.9. The van der Waals surface area contributed by atoms with E-state index < -0.39 is 11.7 Å². The van der Waals surface area contributed by atoms with Gasteiger partial charge in [-0.1, -0.05) is 15.9 Å². The minimum absolute atomic E-state index is 0.138. The van der Waals surface area contributed by atoms with Gasteiger partial charge >= 0.3 is 0 Å². The average molecular weight is 353 g/mol. The largest absolute Gasteiger partial charge is 0.496 e. The maximum atomic E-state index is 13.4. The zero-order valence-electron chi connectivity index (χ0n) is 11.3. The van der Waals surface area contributed by atoms with Crippen LogP contribution in [0, 0.1) is 5.82 Å². The third kappa shape index (κ3) is 3.72. The van der Waals surface area contributed by atoms with Gasteiger partial charge in [0.05, 0.1) is 12.7 Å². The van der Waals surface area contributed by atoms with E-state index in [1.54, 1.807) is 13.2 Å². The van der Waals surface area contributed by atoms with E-state index in [2.05, 4.69) is 21.2 Å². The van der Waals surface area contributed by atoms with Crippen molar-refractivity contribution in [2.75, 3.05) is 12.4 Å². The van der Waals surface area contributed by atoms with Crippen molar-refractivity contribution in [3.8, 4) is 5.75 Å². The Morgan fingerprint density at radius 3 is 2.76 bits per heavy atom. The number of anilines is 1. The molecule has 0 heterocycles. The zero-order valence-corrected chi connectivity index (χ0v) is 12.9. The minimum Gasteiger partial charge on any atom is -0.496 e. The molecule has 1 amide bonds. The number of hydrogen-bond donors (Lipinski definition) is 2. The third-order valence-electron chi connectivity index (χ3n) is 2.96. The van der Waals surface area contributed by atoms with Crippen LogP contribution < -0.4 is 15.8 Å². The number of rotatable bonds is 5. The van der Waals surface area contributed by atoms with Crippen molar-refractivity contribution in [2.45, 2.75) is 6.54 Å². The molecular formula is C15H14BrFN2O2. The van der Waals surface area contributed by atoms with Crippen LogP contribution in [0.4, 0.5) is 10.1 Å². The van der Waals surface area contributed by atoms with Gasteiger partial charge in [0, 0.05) is 22.3 Å². The van der Waals surface area contributed by atoms with Crippen LogP contribution in [0.3, 0.4) is 0 Å². The second-order valence-corrected chi connectivity index (χ2v) is 5.28. The van der Waals surface area contributed by atoms with E-state index in [4.69, 9.17) is 10.5 Å². The summed E-state index contributed by atoms with van der Waals surface area (Å²) in [6.45, 7) is 0.465. The van der Waals surface area contributed by atoms with Gasteiger partial charge in [-0.3, -0.25) is 4.79 Å². The van der Waals surface area contributed by atoms with Gasteiger partial charge < -0.3 is 15.8 Å². The number of amides is 1. The van der Waals surface area contributed by atoms with Gasteiger partial charge in [0.15, 0.2) is 0 Å². The second-order valence-electron chi connectivity index (χ2n) is 4.37. The summed E-state index contributed by atoms with van der Waals surface area (Å²) < 4.78 is 19.6. The van der Waals surface area contributed by atoms with Gasteiger partial charge in [0.25, 0.3) is 5.91 Å². The fraction of sp³-hybridized carbons (Fsp3) is 0.133. The summed E-state index contributed by atoms with van der Waals surface area (Å²) in [6.07, 6.45) is 0. The number of methoxy groups -OCH3 is 1. The highest BCUT2D eigenvalue weighted by molar-refractivity contribution is 9.10. The van der Waals surface area contributed by atoms with E-state index in [-0.39, 0.29) is 5.56 Å². The monoisotopic (exact) mass is 352 g/mol. The number of benzene rings is 2. The Bertz CT molecular complexity index is 677. The van der Waals surface area contributed by atoms with Crippen molar-refractivity contribution >= 4 is 27.5 Å². The van der Waals surface area contributed by atoms with E-state index in [1.807, 2.05) is 18.2 Å². The molecule has 0 aromatic heterocycles. The van der Waals surface area contributed by atoms with Crippen molar-refractivity contribution in [1.82, 2.24) is 0 Å². The molecule has 0 bridgehead atoms. The zero-order chi connectivity index (χ0) is 15.4. The van der Waals surface area contributed by atoms with E-state index in [0.29, 0.717) is 12.2 Å². The molecular weight excluding hydrogens is 339 g/mol. The Hall–Kier alpha value is -2.08. The highest BCUT2D eigenvalue weighted by Crippen LogP contribution is 2.24. The van der Waals surface area contributed by atoms with Crippen LogP contribution in [0.1, 0.15) is 15.9 Å². The van der Waals surface area contributed by atoms with Crippen molar-refractivity contribution in [1.29, 1.82) is 0 Å². The van der Waals surface area contributed by atoms with Gasteiger partial charge in [-0.2, -0.15) is 0 Å². The Labute approximate surface area is 130 Å². The van der Waals surface area contributed by atoms with Crippen LogP contribution >= 0.6 is 15.9 Å². The number of hydrogen-bond acceptors (Lipinski definition) is 3. The van der Waals surface area contributed by atoms with Crippen LogP contribution in [0.15, 0.2) is 40.9 Å². The fourth-order valence-corrected chi connectivity index (χ4v) is 2.32. The van der Waals surface area contributed by atoms with E-state index in [0.717, 1.165) is 15.8 Å². The molecule has 0 aliphatic rings. The predicted molar refractivity (Wildman–Crippen MR) is 82.9 cm³/mol. The van der Waals surface area contributed by atoms with Crippen LogP contribution in [-0.2, 0) is 6.54 Å². The van der Waals surface area contributed by atoms with Gasteiger partial charge in [0.1, 0.15) is 11.6 Å². The molecule has 0 fully saturated rings. The lowest BCUT2D eigenvalue weighted by molar-refractivity contribution is 0.0996. The molecule has 6 heteroatoms. The lowest BCUT2D eigenvalue weighted by Crippen LogP contribution is -2.13. The van der Waals surface area contributed by atoms with E-state index >= 15 is 0 Å². The molecule has 0 spiro atoms. The van der Waals surface area contributed by atoms with Crippen LogP contribution in [0.2, 0.25) is 0 Å². The molecule has 2 aromatic carbocycles. The molecule has 0 radical (unpaired) electrons. The Morgan fingerprint density at radius 2 is 2.10 bits per heavy atom. The Morgan fingerprint density at radius 1 is 1.33 bits per heavy atom. The summed E-state index contributed by atoms with van der Waals surface area (Å²) >= 11 is 3.40. The van der Waals surface area contributed by atoms with Crippen LogP contribution in [0.25, 0.3) is 0 Å². The molecule has 0 aliphatic heterocycles. The van der Waals surface area contributed by atoms with Gasteiger partial charge in [0.2, 0.25) is 0 Å². The summed E-state index contributed by atoms with van der Waals surface area (Å²) in [5.41, 5.74) is 6.52. The molecule has 0 atom stereocenters. The first kappa shape index (κ1) is 15.3. The standard InChI is InChI=1S/C15H14BrFN2O2/c1-21-14-5-2-10(16)6-9(14)8-19-11-3-4-13(17)12(7-11)15(18)20/h2-7,19H,8H2,1H3,(H2,18,20). The SMILES string of the molecule is COc1ccc(Br)cc1CNc1ccc(F)c(C(N)=O)c1. The highest BCUT2D eigenvalue weighted by Gasteiger charge is 2.09. The maximum absolute atomic E-state index is 13.4. The molecule has 2 aromatic rings. The van der Waals surface area contributed by atoms with Gasteiger partial charge in [-0.05, 0) is 36.4 Å². The number of primary amides is 1. The van der Waals surface area contributed by atoms with Crippen molar-refractivity contribution in [3.05, 3.63) is 57.8 Å². The van der Waals surface area contributed by atoms with Crippen molar-refractivity contribution in [2.24, 2.45) is 5.73 Å². The number of nitrogens with two attached hydrogens (primary N) is 1. The maximum Gasteiger partial charge on any atom is 0.251 e. The predicted octanol–water partition coefficient (Wildman–Crippen LogP) is 3.31. The smallest absolute Gasteiger partial charge is 0.251 e. The molecule has 0 saturated carbocycles. The summed E-state index contributed by atoms with van der Waals surface area (Å²) in [7, 11) is 1.59. The van der Waals surface area contributed by atoms with Gasteiger partial charge in [-0.15, -0.1) is 0 Å². The lowest BCUT2D eigenvalue weighted by atomic mass is 10.1. The minimum atomic E-state index is -0.795. The van der Waals surface area contributed by atoms with Crippen LogP contribution in [0.5, 0.6) is 5.75 Å². The molecule has 4 nitrogen and oxygen atoms in total. The second kappa shape index (κ2) is 6.58. The summed E-state index contributed by atoms with van der Waals surface area (Å²) in [6, 6.07) is 9.80. The third-order valence-corrected chi connectivity index (χ3v) is 3.45. The quantitative estimate of drug-likeness (QED) is 0.867. The molecule has 21 heavy (non-hydrogen) atoms. The van der Waals surface area contributed by atoms with Crippen molar-refractivity contribution < 1.29 is 13.9 Å². The first-order valence-electron chi connectivity index (χ1n) is 6.17. The van der Waals surface area contributed by atoms with Crippen molar-refractivity contribution in [3.63, 3.8) is 0 Å². The van der Waals surface area contributed by atoms with E-state index in [1.165, 1.54) is 12.1 Å². The molecule has 0 aliphatic carbocycles. The molecule has 0 unspecified atom stereocenters. The number of ether oxygens (including phenoxy) is 1. The Balaban J connectivity index is 2.19. The first-order chi connectivity index (χ1) is 10.0. The molecule has 0 saturated heterocycles. The fourth-order valence-electron chi connectivity index (χ4n) is 1.91. The number of nitrogens with one attached hydrogen (secondary N) is 1. The van der Waals surface area contributed by atoms with Gasteiger partial charge in [-0.25, -0.2) is 4.39 Å². The normalized spacial score (nSPS) is 10.2. The lowest BCUT2D eigenvalue weighted by Gasteiger charge is -2.12. The summed E-state index contributed by atoms with van der Waals surface area (Å²) in [5, 5.41) is 3.11. The molecule has 110 valence electrons. The first-order valence-corrected chi connectivity index (χ1v) is 6.96. The topological polar surface area (TPSA) is 64.3 Å². The number of halogens is 2. The molecule has 2 rings (SSSR count). The number of carbonyl (C=O) groups is 1. The van der Waals surface area contributed by atoms with E-state index in [9.17, 15) is 9.18 Å². The summed E-state index contributed by atoms with van der Waals surface area (Å²) in [4.78, 5) is 11.1. The number of carbonyl (C=O) groups excluding carboxylic acids is 1. The Kier molecular flexibility index (Phi) is 4.80.